The van der Waals surface area contributed by atoms with Gasteiger partial charge in [-0.15, -0.1) is 0 Å². The van der Waals surface area contributed by atoms with Gasteiger partial charge in [0, 0.05) is 24.6 Å². The molecule has 5 nitrogen and oxygen atoms in total. The second-order valence-corrected chi connectivity index (χ2v) is 6.58. The topological polar surface area (TPSA) is 82.3 Å². The standard InChI is InChI=1S/C14H16N2O3S/c1-10(15)11-7-8-16-14(9-11)19-12-3-5-13(6-4-12)20(2,17)18/h3-10H,15H2,1-2H3/t10-/m0/s1. The van der Waals surface area contributed by atoms with Gasteiger partial charge < -0.3 is 10.5 Å². The lowest BCUT2D eigenvalue weighted by molar-refractivity contribution is 0.461. The largest absolute Gasteiger partial charge is 0.439 e. The molecule has 2 aromatic rings. The zero-order chi connectivity index (χ0) is 14.8. The molecule has 0 spiro atoms. The molecule has 0 bridgehead atoms. The third-order valence-corrected chi connectivity index (χ3v) is 3.89. The fourth-order valence-electron chi connectivity index (χ4n) is 1.64. The number of nitrogens with two attached hydrogens (primary N) is 1. The van der Waals surface area contributed by atoms with E-state index >= 15 is 0 Å². The smallest absolute Gasteiger partial charge is 0.219 e. The number of pyridine rings is 1. The molecular formula is C14H16N2O3S. The second kappa shape index (κ2) is 5.60. The van der Waals surface area contributed by atoms with Crippen LogP contribution in [-0.4, -0.2) is 19.7 Å². The number of benzene rings is 1. The molecule has 20 heavy (non-hydrogen) atoms. The summed E-state index contributed by atoms with van der Waals surface area (Å²) in [6.07, 6.45) is 2.79. The van der Waals surface area contributed by atoms with Crippen molar-refractivity contribution in [2.75, 3.05) is 6.26 Å². The summed E-state index contributed by atoms with van der Waals surface area (Å²) < 4.78 is 28.3. The monoisotopic (exact) mass is 292 g/mol. The molecule has 0 radical (unpaired) electrons. The highest BCUT2D eigenvalue weighted by Crippen LogP contribution is 2.23. The molecule has 0 fully saturated rings. The third kappa shape index (κ3) is 3.55. The Balaban J connectivity index is 2.20. The van der Waals surface area contributed by atoms with E-state index in [1.54, 1.807) is 24.4 Å². The van der Waals surface area contributed by atoms with E-state index in [9.17, 15) is 8.42 Å². The van der Waals surface area contributed by atoms with Crippen molar-refractivity contribution in [2.24, 2.45) is 5.73 Å². The van der Waals surface area contributed by atoms with Crippen molar-refractivity contribution < 1.29 is 13.2 Å². The molecule has 0 saturated heterocycles. The van der Waals surface area contributed by atoms with Crippen LogP contribution in [0.5, 0.6) is 11.6 Å². The molecule has 1 atom stereocenters. The van der Waals surface area contributed by atoms with E-state index in [2.05, 4.69) is 4.98 Å². The van der Waals surface area contributed by atoms with Crippen molar-refractivity contribution in [3.05, 3.63) is 48.2 Å². The molecule has 0 aliphatic rings. The van der Waals surface area contributed by atoms with E-state index in [4.69, 9.17) is 10.5 Å². The van der Waals surface area contributed by atoms with Crippen molar-refractivity contribution in [3.63, 3.8) is 0 Å². The molecule has 0 unspecified atom stereocenters. The van der Waals surface area contributed by atoms with Crippen molar-refractivity contribution >= 4 is 9.84 Å². The Bertz CT molecular complexity index is 695. The Morgan fingerprint density at radius 1 is 1.20 bits per heavy atom. The molecule has 0 aliphatic carbocycles. The molecule has 106 valence electrons. The van der Waals surface area contributed by atoms with E-state index in [0.717, 1.165) is 11.8 Å². The molecule has 1 aromatic carbocycles. The van der Waals surface area contributed by atoms with Crippen LogP contribution < -0.4 is 10.5 Å². The van der Waals surface area contributed by atoms with Crippen LogP contribution in [0.2, 0.25) is 0 Å². The van der Waals surface area contributed by atoms with Crippen LogP contribution in [0.25, 0.3) is 0 Å². The Morgan fingerprint density at radius 2 is 1.85 bits per heavy atom. The highest BCUT2D eigenvalue weighted by atomic mass is 32.2. The lowest BCUT2D eigenvalue weighted by Gasteiger charge is -2.09. The predicted octanol–water partition coefficient (Wildman–Crippen LogP) is 2.30. The summed E-state index contributed by atoms with van der Waals surface area (Å²) in [5.74, 6) is 0.943. The summed E-state index contributed by atoms with van der Waals surface area (Å²) in [5, 5.41) is 0. The lowest BCUT2D eigenvalue weighted by Crippen LogP contribution is -2.05. The van der Waals surface area contributed by atoms with Gasteiger partial charge in [0.15, 0.2) is 9.84 Å². The average molecular weight is 292 g/mol. The fraction of sp³-hybridized carbons (Fsp3) is 0.214. The van der Waals surface area contributed by atoms with Gasteiger partial charge in [-0.2, -0.15) is 0 Å². The Hall–Kier alpha value is -1.92. The number of nitrogens with zero attached hydrogens (tertiary/aromatic N) is 1. The van der Waals surface area contributed by atoms with Crippen LogP contribution in [0.4, 0.5) is 0 Å². The Labute approximate surface area is 118 Å². The van der Waals surface area contributed by atoms with E-state index in [0.29, 0.717) is 11.6 Å². The summed E-state index contributed by atoms with van der Waals surface area (Å²) in [6.45, 7) is 1.88. The van der Waals surface area contributed by atoms with Gasteiger partial charge in [-0.1, -0.05) is 0 Å². The van der Waals surface area contributed by atoms with Crippen LogP contribution in [0, 0.1) is 0 Å². The first-order valence-corrected chi connectivity index (χ1v) is 7.95. The summed E-state index contributed by atoms with van der Waals surface area (Å²) in [7, 11) is -3.20. The van der Waals surface area contributed by atoms with Gasteiger partial charge in [-0.25, -0.2) is 13.4 Å². The lowest BCUT2D eigenvalue weighted by atomic mass is 10.1. The Morgan fingerprint density at radius 3 is 2.40 bits per heavy atom. The van der Waals surface area contributed by atoms with Crippen LogP contribution in [0.1, 0.15) is 18.5 Å². The highest BCUT2D eigenvalue weighted by Gasteiger charge is 2.08. The maximum absolute atomic E-state index is 11.4. The Kier molecular flexibility index (Phi) is 4.06. The molecular weight excluding hydrogens is 276 g/mol. The minimum atomic E-state index is -3.20. The minimum Gasteiger partial charge on any atom is -0.439 e. The average Bonchev–Trinajstić information content (AvgIpc) is 2.38. The van der Waals surface area contributed by atoms with Gasteiger partial charge >= 0.3 is 0 Å². The van der Waals surface area contributed by atoms with Crippen LogP contribution in [-0.2, 0) is 9.84 Å². The molecule has 0 aliphatic heterocycles. The van der Waals surface area contributed by atoms with Crippen LogP contribution in [0.3, 0.4) is 0 Å². The van der Waals surface area contributed by atoms with Gasteiger partial charge in [0.2, 0.25) is 5.88 Å². The quantitative estimate of drug-likeness (QED) is 0.935. The molecule has 2 N–H and O–H groups in total. The predicted molar refractivity (Wildman–Crippen MR) is 76.5 cm³/mol. The molecule has 1 aromatic heterocycles. The number of aromatic nitrogens is 1. The number of rotatable bonds is 4. The van der Waals surface area contributed by atoms with Crippen molar-refractivity contribution in [1.29, 1.82) is 0 Å². The van der Waals surface area contributed by atoms with Crippen LogP contribution in [0.15, 0.2) is 47.5 Å². The van der Waals surface area contributed by atoms with E-state index < -0.39 is 9.84 Å². The SMILES string of the molecule is C[C@H](N)c1ccnc(Oc2ccc(S(C)(=O)=O)cc2)c1. The van der Waals surface area contributed by atoms with Crippen LogP contribution >= 0.6 is 0 Å². The van der Waals surface area contributed by atoms with Crippen molar-refractivity contribution in [1.82, 2.24) is 4.98 Å². The first-order valence-electron chi connectivity index (χ1n) is 6.06. The van der Waals surface area contributed by atoms with Crippen molar-refractivity contribution in [2.45, 2.75) is 17.9 Å². The number of sulfone groups is 1. The van der Waals surface area contributed by atoms with Gasteiger partial charge in [0.1, 0.15) is 5.75 Å². The van der Waals surface area contributed by atoms with E-state index in [1.165, 1.54) is 12.1 Å². The van der Waals surface area contributed by atoms with E-state index in [1.807, 2.05) is 13.0 Å². The number of hydrogen-bond acceptors (Lipinski definition) is 5. The first-order chi connectivity index (χ1) is 9.36. The van der Waals surface area contributed by atoms with E-state index in [-0.39, 0.29) is 10.9 Å². The van der Waals surface area contributed by atoms with Gasteiger partial charge in [-0.05, 0) is 42.8 Å². The maximum atomic E-state index is 11.4. The molecule has 2 rings (SSSR count). The van der Waals surface area contributed by atoms with Gasteiger partial charge in [0.25, 0.3) is 0 Å². The zero-order valence-corrected chi connectivity index (χ0v) is 12.1. The third-order valence-electron chi connectivity index (χ3n) is 2.76. The highest BCUT2D eigenvalue weighted by molar-refractivity contribution is 7.90. The number of hydrogen-bond donors (Lipinski definition) is 1. The summed E-state index contributed by atoms with van der Waals surface area (Å²) >= 11 is 0. The minimum absolute atomic E-state index is 0.104. The molecule has 6 heteroatoms. The second-order valence-electron chi connectivity index (χ2n) is 4.56. The first kappa shape index (κ1) is 14.5. The maximum Gasteiger partial charge on any atom is 0.219 e. The van der Waals surface area contributed by atoms with Crippen molar-refractivity contribution in [3.8, 4) is 11.6 Å². The summed E-state index contributed by atoms with van der Waals surface area (Å²) in [5.41, 5.74) is 6.71. The summed E-state index contributed by atoms with van der Waals surface area (Å²) in [4.78, 5) is 4.34. The fourth-order valence-corrected chi connectivity index (χ4v) is 2.27. The molecule has 0 amide bonds. The van der Waals surface area contributed by atoms with Gasteiger partial charge in [-0.3, -0.25) is 0 Å². The normalized spacial score (nSPS) is 12.9. The zero-order valence-electron chi connectivity index (χ0n) is 11.3. The summed E-state index contributed by atoms with van der Waals surface area (Å²) in [6, 6.07) is 9.67. The number of ether oxygens (including phenoxy) is 1. The molecule has 0 saturated carbocycles. The van der Waals surface area contributed by atoms with Gasteiger partial charge in [0.05, 0.1) is 4.90 Å². The molecule has 1 heterocycles.